The number of nitrogens with one attached hydrogen (secondary N) is 1. The first kappa shape index (κ1) is 14.9. The SMILES string of the molecule is COCCOCCOCCNc1ccc(F)cc1. The van der Waals surface area contributed by atoms with E-state index in [1.54, 1.807) is 19.2 Å². The molecule has 0 saturated carbocycles. The third-order valence-corrected chi connectivity index (χ3v) is 2.22. The van der Waals surface area contributed by atoms with Gasteiger partial charge in [0.25, 0.3) is 0 Å². The second-order valence-corrected chi connectivity index (χ2v) is 3.65. The van der Waals surface area contributed by atoms with Gasteiger partial charge in [-0.1, -0.05) is 0 Å². The Bertz CT molecular complexity index is 306. The summed E-state index contributed by atoms with van der Waals surface area (Å²) < 4.78 is 28.1. The molecule has 0 atom stereocenters. The van der Waals surface area contributed by atoms with Crippen molar-refractivity contribution in [2.45, 2.75) is 0 Å². The van der Waals surface area contributed by atoms with E-state index in [4.69, 9.17) is 14.2 Å². The molecule has 0 heterocycles. The predicted molar refractivity (Wildman–Crippen MR) is 68.4 cm³/mol. The first-order valence-corrected chi connectivity index (χ1v) is 5.97. The normalized spacial score (nSPS) is 10.6. The van der Waals surface area contributed by atoms with Gasteiger partial charge in [-0.3, -0.25) is 0 Å². The first-order valence-electron chi connectivity index (χ1n) is 5.97. The van der Waals surface area contributed by atoms with E-state index in [0.29, 0.717) is 39.6 Å². The maximum Gasteiger partial charge on any atom is 0.123 e. The molecule has 102 valence electrons. The van der Waals surface area contributed by atoms with Crippen LogP contribution in [0.3, 0.4) is 0 Å². The first-order chi connectivity index (χ1) is 8.83. The lowest BCUT2D eigenvalue weighted by Gasteiger charge is -2.07. The van der Waals surface area contributed by atoms with E-state index >= 15 is 0 Å². The van der Waals surface area contributed by atoms with Gasteiger partial charge >= 0.3 is 0 Å². The van der Waals surface area contributed by atoms with Gasteiger partial charge in [0.15, 0.2) is 0 Å². The monoisotopic (exact) mass is 257 g/mol. The maximum atomic E-state index is 12.6. The fraction of sp³-hybridized carbons (Fsp3) is 0.538. The van der Waals surface area contributed by atoms with Crippen LogP contribution in [0.4, 0.5) is 10.1 Å². The maximum absolute atomic E-state index is 12.6. The summed E-state index contributed by atoms with van der Waals surface area (Å²) in [6, 6.07) is 6.24. The average Bonchev–Trinajstić information content (AvgIpc) is 2.39. The van der Waals surface area contributed by atoms with Gasteiger partial charge in [0.1, 0.15) is 5.82 Å². The van der Waals surface area contributed by atoms with Crippen molar-refractivity contribution in [3.63, 3.8) is 0 Å². The Balaban J connectivity index is 1.91. The minimum absolute atomic E-state index is 0.231. The van der Waals surface area contributed by atoms with Gasteiger partial charge in [-0.15, -0.1) is 0 Å². The van der Waals surface area contributed by atoms with Crippen LogP contribution in [0.5, 0.6) is 0 Å². The summed E-state index contributed by atoms with van der Waals surface area (Å²) in [5.41, 5.74) is 0.886. The summed E-state index contributed by atoms with van der Waals surface area (Å²) >= 11 is 0. The third-order valence-electron chi connectivity index (χ3n) is 2.22. The van der Waals surface area contributed by atoms with Crippen LogP contribution in [-0.4, -0.2) is 46.7 Å². The molecule has 0 spiro atoms. The Morgan fingerprint density at radius 3 is 2.22 bits per heavy atom. The van der Waals surface area contributed by atoms with Crippen molar-refractivity contribution < 1.29 is 18.6 Å². The van der Waals surface area contributed by atoms with Gasteiger partial charge in [0.2, 0.25) is 0 Å². The smallest absolute Gasteiger partial charge is 0.123 e. The predicted octanol–water partition coefficient (Wildman–Crippen LogP) is 1.92. The van der Waals surface area contributed by atoms with Crippen LogP contribution in [0.2, 0.25) is 0 Å². The Labute approximate surface area is 107 Å². The molecular formula is C13H20FNO3. The number of methoxy groups -OCH3 is 1. The Hall–Kier alpha value is -1.17. The summed E-state index contributed by atoms with van der Waals surface area (Å²) in [6.45, 7) is 3.60. The third kappa shape index (κ3) is 7.21. The van der Waals surface area contributed by atoms with E-state index in [-0.39, 0.29) is 5.82 Å². The molecule has 1 rings (SSSR count). The van der Waals surface area contributed by atoms with Gasteiger partial charge in [-0.25, -0.2) is 4.39 Å². The average molecular weight is 257 g/mol. The van der Waals surface area contributed by atoms with Crippen molar-refractivity contribution >= 4 is 5.69 Å². The molecule has 18 heavy (non-hydrogen) atoms. The number of halogens is 1. The van der Waals surface area contributed by atoms with Gasteiger partial charge in [-0.05, 0) is 24.3 Å². The highest BCUT2D eigenvalue weighted by molar-refractivity contribution is 5.42. The van der Waals surface area contributed by atoms with Crippen LogP contribution in [-0.2, 0) is 14.2 Å². The highest BCUT2D eigenvalue weighted by Gasteiger charge is 1.93. The fourth-order valence-corrected chi connectivity index (χ4v) is 1.30. The molecular weight excluding hydrogens is 237 g/mol. The molecule has 1 aromatic rings. The number of benzene rings is 1. The van der Waals surface area contributed by atoms with Crippen molar-refractivity contribution in [1.82, 2.24) is 0 Å². The zero-order valence-corrected chi connectivity index (χ0v) is 10.7. The van der Waals surface area contributed by atoms with Crippen LogP contribution in [0, 0.1) is 5.82 Å². The van der Waals surface area contributed by atoms with Crippen LogP contribution < -0.4 is 5.32 Å². The second kappa shape index (κ2) is 9.82. The van der Waals surface area contributed by atoms with E-state index in [2.05, 4.69) is 5.32 Å². The van der Waals surface area contributed by atoms with E-state index in [0.717, 1.165) is 5.69 Å². The highest BCUT2D eigenvalue weighted by Crippen LogP contribution is 2.07. The fourth-order valence-electron chi connectivity index (χ4n) is 1.30. The number of hydrogen-bond acceptors (Lipinski definition) is 4. The minimum Gasteiger partial charge on any atom is -0.383 e. The molecule has 0 aliphatic rings. The second-order valence-electron chi connectivity index (χ2n) is 3.65. The molecule has 1 aromatic carbocycles. The van der Waals surface area contributed by atoms with Gasteiger partial charge < -0.3 is 19.5 Å². The molecule has 4 nitrogen and oxygen atoms in total. The van der Waals surface area contributed by atoms with Crippen molar-refractivity contribution in [2.75, 3.05) is 52.0 Å². The molecule has 0 fully saturated rings. The van der Waals surface area contributed by atoms with Gasteiger partial charge in [0, 0.05) is 19.3 Å². The molecule has 0 radical (unpaired) electrons. The molecule has 0 bridgehead atoms. The van der Waals surface area contributed by atoms with E-state index in [1.165, 1.54) is 12.1 Å². The summed E-state index contributed by atoms with van der Waals surface area (Å²) in [5.74, 6) is -0.231. The summed E-state index contributed by atoms with van der Waals surface area (Å²) in [7, 11) is 1.64. The lowest BCUT2D eigenvalue weighted by Crippen LogP contribution is -2.13. The lowest BCUT2D eigenvalue weighted by atomic mass is 10.3. The number of anilines is 1. The largest absolute Gasteiger partial charge is 0.383 e. The molecule has 5 heteroatoms. The molecule has 0 unspecified atom stereocenters. The molecule has 0 amide bonds. The molecule has 0 aromatic heterocycles. The Morgan fingerprint density at radius 2 is 1.56 bits per heavy atom. The van der Waals surface area contributed by atoms with E-state index in [9.17, 15) is 4.39 Å². The Morgan fingerprint density at radius 1 is 0.944 bits per heavy atom. The number of hydrogen-bond donors (Lipinski definition) is 1. The van der Waals surface area contributed by atoms with Gasteiger partial charge in [0.05, 0.1) is 33.0 Å². The number of ether oxygens (including phenoxy) is 3. The highest BCUT2D eigenvalue weighted by atomic mass is 19.1. The summed E-state index contributed by atoms with van der Waals surface area (Å²) in [4.78, 5) is 0. The van der Waals surface area contributed by atoms with E-state index < -0.39 is 0 Å². The van der Waals surface area contributed by atoms with Crippen LogP contribution in [0.25, 0.3) is 0 Å². The molecule has 0 saturated heterocycles. The Kier molecular flexibility index (Phi) is 8.12. The van der Waals surface area contributed by atoms with Gasteiger partial charge in [-0.2, -0.15) is 0 Å². The van der Waals surface area contributed by atoms with Crippen molar-refractivity contribution in [1.29, 1.82) is 0 Å². The topological polar surface area (TPSA) is 39.7 Å². The molecule has 1 N–H and O–H groups in total. The standard InChI is InChI=1S/C13H20FNO3/c1-16-8-9-18-11-10-17-7-6-15-13-4-2-12(14)3-5-13/h2-5,15H,6-11H2,1H3. The lowest BCUT2D eigenvalue weighted by molar-refractivity contribution is 0.0272. The van der Waals surface area contributed by atoms with Crippen molar-refractivity contribution in [3.8, 4) is 0 Å². The minimum atomic E-state index is -0.231. The summed E-state index contributed by atoms with van der Waals surface area (Å²) in [6.07, 6.45) is 0. The van der Waals surface area contributed by atoms with E-state index in [1.807, 2.05) is 0 Å². The molecule has 0 aliphatic carbocycles. The summed E-state index contributed by atoms with van der Waals surface area (Å²) in [5, 5.41) is 3.13. The molecule has 0 aliphatic heterocycles. The zero-order chi connectivity index (χ0) is 13.1. The van der Waals surface area contributed by atoms with Crippen LogP contribution >= 0.6 is 0 Å². The van der Waals surface area contributed by atoms with Crippen LogP contribution in [0.15, 0.2) is 24.3 Å². The van der Waals surface area contributed by atoms with Crippen LogP contribution in [0.1, 0.15) is 0 Å². The van der Waals surface area contributed by atoms with Crippen molar-refractivity contribution in [3.05, 3.63) is 30.1 Å². The zero-order valence-electron chi connectivity index (χ0n) is 10.7. The quantitative estimate of drug-likeness (QED) is 0.650. The number of rotatable bonds is 10. The van der Waals surface area contributed by atoms with Crippen molar-refractivity contribution in [2.24, 2.45) is 0 Å².